The molecule has 2 heterocycles. The highest BCUT2D eigenvalue weighted by atomic mass is 35.5. The van der Waals surface area contributed by atoms with Gasteiger partial charge in [0.2, 0.25) is 0 Å². The van der Waals surface area contributed by atoms with E-state index in [-0.39, 0.29) is 23.8 Å². The van der Waals surface area contributed by atoms with Crippen LogP contribution in [0.5, 0.6) is 0 Å². The van der Waals surface area contributed by atoms with Crippen molar-refractivity contribution in [3.8, 4) is 22.6 Å². The predicted octanol–water partition coefficient (Wildman–Crippen LogP) is 3.07. The monoisotopic (exact) mass is 317 g/mol. The minimum absolute atomic E-state index is 0. The maximum absolute atomic E-state index is 13.0. The summed E-state index contributed by atoms with van der Waals surface area (Å²) in [6.45, 7) is 0. The predicted molar refractivity (Wildman–Crippen MR) is 85.4 cm³/mol. The summed E-state index contributed by atoms with van der Waals surface area (Å²) < 4.78 is 14.5. The molecule has 0 aliphatic heterocycles. The smallest absolute Gasteiger partial charge is 0.254 e. The lowest BCUT2D eigenvalue weighted by Crippen LogP contribution is -2.19. The fourth-order valence-electron chi connectivity index (χ4n) is 2.07. The number of aromatic nitrogens is 3. The summed E-state index contributed by atoms with van der Waals surface area (Å²) in [6, 6.07) is 11.0. The molecule has 0 spiro atoms. The minimum Gasteiger partial charge on any atom is -0.296 e. The lowest BCUT2D eigenvalue weighted by Gasteiger charge is -2.09. The number of halogens is 2. The molecule has 0 fully saturated rings. The van der Waals surface area contributed by atoms with Crippen LogP contribution >= 0.6 is 12.4 Å². The Bertz CT molecular complexity index is 832. The van der Waals surface area contributed by atoms with E-state index >= 15 is 0 Å². The van der Waals surface area contributed by atoms with Crippen molar-refractivity contribution in [3.63, 3.8) is 0 Å². The Labute approximate surface area is 132 Å². The Balaban J connectivity index is 0.00000176. The van der Waals surface area contributed by atoms with Crippen molar-refractivity contribution in [3.05, 3.63) is 71.0 Å². The van der Waals surface area contributed by atoms with Crippen LogP contribution in [0.4, 0.5) is 4.39 Å². The van der Waals surface area contributed by atoms with Gasteiger partial charge >= 0.3 is 0 Å². The van der Waals surface area contributed by atoms with E-state index in [0.717, 1.165) is 5.56 Å². The quantitative estimate of drug-likeness (QED) is 0.730. The van der Waals surface area contributed by atoms with Gasteiger partial charge in [0.1, 0.15) is 11.6 Å². The second-order valence-corrected chi connectivity index (χ2v) is 4.61. The number of rotatable bonds is 2. The van der Waals surface area contributed by atoms with Crippen LogP contribution < -0.4 is 5.56 Å². The highest BCUT2D eigenvalue weighted by molar-refractivity contribution is 5.85. The second kappa shape index (κ2) is 6.49. The molecule has 3 rings (SSSR count). The van der Waals surface area contributed by atoms with Crippen LogP contribution in [0.3, 0.4) is 0 Å². The van der Waals surface area contributed by atoms with E-state index in [1.165, 1.54) is 22.8 Å². The van der Waals surface area contributed by atoms with Crippen LogP contribution in [0, 0.1) is 5.82 Å². The molecule has 0 bridgehead atoms. The lowest BCUT2D eigenvalue weighted by molar-refractivity contribution is 0.628. The van der Waals surface area contributed by atoms with Crippen molar-refractivity contribution in [1.29, 1.82) is 0 Å². The molecule has 0 saturated heterocycles. The maximum Gasteiger partial charge on any atom is 0.254 e. The van der Waals surface area contributed by atoms with Crippen LogP contribution in [0.15, 0.2) is 59.7 Å². The van der Waals surface area contributed by atoms with E-state index < -0.39 is 0 Å². The van der Waals surface area contributed by atoms with Crippen molar-refractivity contribution in [1.82, 2.24) is 14.5 Å². The van der Waals surface area contributed by atoms with Crippen molar-refractivity contribution >= 4 is 12.4 Å². The van der Waals surface area contributed by atoms with Gasteiger partial charge in [-0.25, -0.2) is 9.37 Å². The van der Waals surface area contributed by atoms with Gasteiger partial charge in [0.25, 0.3) is 5.56 Å². The Kier molecular flexibility index (Phi) is 4.68. The molecule has 112 valence electrons. The van der Waals surface area contributed by atoms with Crippen LogP contribution in [-0.2, 0) is 7.05 Å². The van der Waals surface area contributed by atoms with Gasteiger partial charge < -0.3 is 0 Å². The standard InChI is InChI=1S/C16H12FN3O.ClH/c1-20-15(21)10-14(11-6-8-18-9-7-11)19-16(20)12-2-4-13(17)5-3-12;/h2-10H,1H3;1H. The van der Waals surface area contributed by atoms with Crippen LogP contribution in [0.1, 0.15) is 0 Å². The summed E-state index contributed by atoms with van der Waals surface area (Å²) in [5, 5.41) is 0. The normalized spacial score (nSPS) is 10.1. The number of hydrogen-bond acceptors (Lipinski definition) is 3. The molecule has 1 aromatic carbocycles. The minimum atomic E-state index is -0.325. The van der Waals surface area contributed by atoms with Gasteiger partial charge in [0, 0.05) is 36.6 Å². The van der Waals surface area contributed by atoms with Gasteiger partial charge in [-0.3, -0.25) is 14.3 Å². The van der Waals surface area contributed by atoms with Crippen LogP contribution in [0.2, 0.25) is 0 Å². The molecular weight excluding hydrogens is 305 g/mol. The SMILES string of the molecule is Cl.Cn1c(-c2ccc(F)cc2)nc(-c2ccncc2)cc1=O. The summed E-state index contributed by atoms with van der Waals surface area (Å²) in [4.78, 5) is 20.6. The first kappa shape index (κ1) is 15.9. The Morgan fingerprint density at radius 1 is 1.00 bits per heavy atom. The zero-order valence-corrected chi connectivity index (χ0v) is 12.5. The zero-order valence-electron chi connectivity index (χ0n) is 11.7. The summed E-state index contributed by atoms with van der Waals surface area (Å²) in [5.74, 6) is 0.170. The molecule has 6 heteroatoms. The van der Waals surface area contributed by atoms with Crippen molar-refractivity contribution in [2.45, 2.75) is 0 Å². The molecular formula is C16H13ClFN3O. The van der Waals surface area contributed by atoms with Gasteiger partial charge in [0.05, 0.1) is 5.69 Å². The van der Waals surface area contributed by atoms with Crippen LogP contribution in [0.25, 0.3) is 22.6 Å². The molecule has 0 unspecified atom stereocenters. The molecule has 22 heavy (non-hydrogen) atoms. The molecule has 3 aromatic rings. The highest BCUT2D eigenvalue weighted by Gasteiger charge is 2.09. The first-order chi connectivity index (χ1) is 10.1. The van der Waals surface area contributed by atoms with E-state index in [1.807, 2.05) is 0 Å². The topological polar surface area (TPSA) is 47.8 Å². The Morgan fingerprint density at radius 2 is 1.64 bits per heavy atom. The van der Waals surface area contributed by atoms with E-state index in [2.05, 4.69) is 9.97 Å². The number of hydrogen-bond donors (Lipinski definition) is 0. The maximum atomic E-state index is 13.0. The highest BCUT2D eigenvalue weighted by Crippen LogP contribution is 2.20. The molecule has 4 nitrogen and oxygen atoms in total. The summed E-state index contributed by atoms with van der Waals surface area (Å²) in [6.07, 6.45) is 3.29. The fourth-order valence-corrected chi connectivity index (χ4v) is 2.07. The summed E-state index contributed by atoms with van der Waals surface area (Å²) in [7, 11) is 1.64. The van der Waals surface area contributed by atoms with Gasteiger partial charge in [-0.2, -0.15) is 0 Å². The first-order valence-electron chi connectivity index (χ1n) is 6.39. The van der Waals surface area contributed by atoms with Crippen molar-refractivity contribution < 1.29 is 4.39 Å². The molecule has 0 saturated carbocycles. The van der Waals surface area contributed by atoms with Crippen molar-refractivity contribution in [2.75, 3.05) is 0 Å². The first-order valence-corrected chi connectivity index (χ1v) is 6.39. The summed E-state index contributed by atoms with van der Waals surface area (Å²) >= 11 is 0. The third-order valence-electron chi connectivity index (χ3n) is 3.21. The zero-order chi connectivity index (χ0) is 14.8. The fraction of sp³-hybridized carbons (Fsp3) is 0.0625. The van der Waals surface area contributed by atoms with E-state index in [0.29, 0.717) is 17.1 Å². The average molecular weight is 318 g/mol. The van der Waals surface area contributed by atoms with E-state index in [1.54, 1.807) is 43.7 Å². The molecule has 0 atom stereocenters. The molecule has 2 aromatic heterocycles. The molecule has 0 N–H and O–H groups in total. The third kappa shape index (κ3) is 3.04. The van der Waals surface area contributed by atoms with Crippen molar-refractivity contribution in [2.24, 2.45) is 7.05 Å². The largest absolute Gasteiger partial charge is 0.296 e. The summed E-state index contributed by atoms with van der Waals surface area (Å²) in [5.41, 5.74) is 1.90. The molecule has 0 radical (unpaired) electrons. The second-order valence-electron chi connectivity index (χ2n) is 4.61. The number of benzene rings is 1. The Hall–Kier alpha value is -2.53. The average Bonchev–Trinajstić information content (AvgIpc) is 2.52. The molecule has 0 aliphatic carbocycles. The molecule has 0 aliphatic rings. The molecule has 0 amide bonds. The van der Waals surface area contributed by atoms with E-state index in [9.17, 15) is 9.18 Å². The van der Waals surface area contributed by atoms with Gasteiger partial charge in [-0.1, -0.05) is 0 Å². The lowest BCUT2D eigenvalue weighted by atomic mass is 10.1. The van der Waals surface area contributed by atoms with Gasteiger partial charge in [-0.05, 0) is 36.4 Å². The van der Waals surface area contributed by atoms with Gasteiger partial charge in [0.15, 0.2) is 0 Å². The van der Waals surface area contributed by atoms with E-state index in [4.69, 9.17) is 0 Å². The Morgan fingerprint density at radius 3 is 2.27 bits per heavy atom. The van der Waals surface area contributed by atoms with Crippen LogP contribution in [-0.4, -0.2) is 14.5 Å². The number of nitrogens with zero attached hydrogens (tertiary/aromatic N) is 3. The number of pyridine rings is 1. The van der Waals surface area contributed by atoms with Gasteiger partial charge in [-0.15, -0.1) is 12.4 Å². The third-order valence-corrected chi connectivity index (χ3v) is 3.21.